The Hall–Kier alpha value is -1.83. The molecule has 1 unspecified atom stereocenters. The standard InChI is InChI=1S/C17H20O2/c1-3-5-12-14-15(9-4-2)17(18)19-16(14)13-10-7-6-8-11-13/h3,6-8,10-11,16H,1,4-5,9,12H2,2H3. The SMILES string of the molecule is C=CCCC1=C(CCC)C(=O)OC1c1ccccc1. The van der Waals surface area contributed by atoms with Crippen LogP contribution in [-0.4, -0.2) is 5.97 Å². The third-order valence-corrected chi connectivity index (χ3v) is 3.40. The van der Waals surface area contributed by atoms with Gasteiger partial charge in [-0.3, -0.25) is 0 Å². The number of cyclic esters (lactones) is 1. The highest BCUT2D eigenvalue weighted by molar-refractivity contribution is 5.92. The normalized spacial score (nSPS) is 18.6. The van der Waals surface area contributed by atoms with Crippen LogP contribution in [-0.2, 0) is 9.53 Å². The molecule has 1 heterocycles. The topological polar surface area (TPSA) is 26.3 Å². The summed E-state index contributed by atoms with van der Waals surface area (Å²) in [4.78, 5) is 12.0. The van der Waals surface area contributed by atoms with Crippen molar-refractivity contribution >= 4 is 5.97 Å². The van der Waals surface area contributed by atoms with E-state index in [1.165, 1.54) is 0 Å². The van der Waals surface area contributed by atoms with Crippen molar-refractivity contribution in [1.82, 2.24) is 0 Å². The summed E-state index contributed by atoms with van der Waals surface area (Å²) in [5.74, 6) is -0.144. The molecule has 0 amide bonds. The molecule has 1 atom stereocenters. The highest BCUT2D eigenvalue weighted by atomic mass is 16.5. The number of ether oxygens (including phenoxy) is 1. The van der Waals surface area contributed by atoms with Gasteiger partial charge >= 0.3 is 5.97 Å². The highest BCUT2D eigenvalue weighted by Gasteiger charge is 2.33. The average Bonchev–Trinajstić information content (AvgIpc) is 2.75. The summed E-state index contributed by atoms with van der Waals surface area (Å²) in [6.07, 6.45) is 5.18. The molecule has 0 saturated carbocycles. The average molecular weight is 256 g/mol. The summed E-state index contributed by atoms with van der Waals surface area (Å²) in [5.41, 5.74) is 3.07. The van der Waals surface area contributed by atoms with Gasteiger partial charge in [0.2, 0.25) is 0 Å². The van der Waals surface area contributed by atoms with E-state index in [1.54, 1.807) is 0 Å². The first kappa shape index (κ1) is 13.6. The summed E-state index contributed by atoms with van der Waals surface area (Å²) >= 11 is 0. The predicted molar refractivity (Wildman–Crippen MR) is 76.6 cm³/mol. The van der Waals surface area contributed by atoms with Crippen LogP contribution in [0.5, 0.6) is 0 Å². The predicted octanol–water partition coefficient (Wildman–Crippen LogP) is 4.35. The maximum absolute atomic E-state index is 12.0. The van der Waals surface area contributed by atoms with E-state index in [2.05, 4.69) is 13.5 Å². The van der Waals surface area contributed by atoms with Crippen molar-refractivity contribution in [2.24, 2.45) is 0 Å². The number of hydrogen-bond donors (Lipinski definition) is 0. The molecule has 1 aliphatic heterocycles. The molecule has 100 valence electrons. The Morgan fingerprint density at radius 2 is 2.00 bits per heavy atom. The number of carbonyl (C=O) groups is 1. The Labute approximate surface area is 114 Å². The van der Waals surface area contributed by atoms with Gasteiger partial charge in [0.25, 0.3) is 0 Å². The molecule has 1 aliphatic rings. The second-order valence-electron chi connectivity index (χ2n) is 4.78. The van der Waals surface area contributed by atoms with Crippen molar-refractivity contribution in [3.05, 3.63) is 59.7 Å². The molecule has 1 aromatic rings. The van der Waals surface area contributed by atoms with Gasteiger partial charge in [-0.15, -0.1) is 6.58 Å². The lowest BCUT2D eigenvalue weighted by Crippen LogP contribution is -2.03. The molecule has 2 heteroatoms. The molecule has 0 N–H and O–H groups in total. The molecule has 0 saturated heterocycles. The number of esters is 1. The largest absolute Gasteiger partial charge is 0.450 e. The van der Waals surface area contributed by atoms with E-state index in [0.717, 1.165) is 42.4 Å². The molecule has 0 bridgehead atoms. The molecular weight excluding hydrogens is 236 g/mol. The van der Waals surface area contributed by atoms with E-state index in [4.69, 9.17) is 4.74 Å². The van der Waals surface area contributed by atoms with Crippen LogP contribution < -0.4 is 0 Å². The fourth-order valence-electron chi connectivity index (χ4n) is 2.49. The molecule has 0 aromatic heterocycles. The lowest BCUT2D eigenvalue weighted by atomic mass is 9.93. The maximum Gasteiger partial charge on any atom is 0.335 e. The summed E-state index contributed by atoms with van der Waals surface area (Å²) < 4.78 is 5.57. The lowest BCUT2D eigenvalue weighted by Gasteiger charge is -2.14. The highest BCUT2D eigenvalue weighted by Crippen LogP contribution is 2.39. The Kier molecular flexibility index (Phi) is 4.56. The van der Waals surface area contributed by atoms with Crippen LogP contribution >= 0.6 is 0 Å². The van der Waals surface area contributed by atoms with E-state index >= 15 is 0 Å². The van der Waals surface area contributed by atoms with E-state index in [-0.39, 0.29) is 12.1 Å². The fourth-order valence-corrected chi connectivity index (χ4v) is 2.49. The molecule has 1 aromatic carbocycles. The molecular formula is C17H20O2. The summed E-state index contributed by atoms with van der Waals surface area (Å²) in [6.45, 7) is 5.85. The van der Waals surface area contributed by atoms with Crippen LogP contribution in [0.25, 0.3) is 0 Å². The fraction of sp³-hybridized carbons (Fsp3) is 0.353. The third-order valence-electron chi connectivity index (χ3n) is 3.40. The van der Waals surface area contributed by atoms with Gasteiger partial charge in [0.15, 0.2) is 0 Å². The van der Waals surface area contributed by atoms with E-state index in [0.29, 0.717) is 0 Å². The molecule has 2 rings (SSSR count). The Morgan fingerprint density at radius 3 is 2.63 bits per heavy atom. The van der Waals surface area contributed by atoms with E-state index in [1.807, 2.05) is 36.4 Å². The molecule has 0 radical (unpaired) electrons. The minimum absolute atomic E-state index is 0.144. The maximum atomic E-state index is 12.0. The lowest BCUT2D eigenvalue weighted by molar-refractivity contribution is -0.140. The van der Waals surface area contributed by atoms with Gasteiger partial charge in [0.1, 0.15) is 6.10 Å². The summed E-state index contributed by atoms with van der Waals surface area (Å²) in [7, 11) is 0. The third kappa shape index (κ3) is 2.95. The first-order chi connectivity index (χ1) is 9.27. The molecule has 0 fully saturated rings. The zero-order chi connectivity index (χ0) is 13.7. The van der Waals surface area contributed by atoms with Gasteiger partial charge in [-0.25, -0.2) is 4.79 Å². The first-order valence-electron chi connectivity index (χ1n) is 6.86. The number of benzene rings is 1. The van der Waals surface area contributed by atoms with Crippen LogP contribution in [0.2, 0.25) is 0 Å². The Morgan fingerprint density at radius 1 is 1.26 bits per heavy atom. The quantitative estimate of drug-likeness (QED) is 0.559. The van der Waals surface area contributed by atoms with Gasteiger partial charge in [-0.2, -0.15) is 0 Å². The van der Waals surface area contributed by atoms with Crippen LogP contribution in [0.4, 0.5) is 0 Å². The summed E-state index contributed by atoms with van der Waals surface area (Å²) in [5, 5.41) is 0. The second-order valence-corrected chi connectivity index (χ2v) is 4.78. The van der Waals surface area contributed by atoms with Crippen LogP contribution in [0.15, 0.2) is 54.1 Å². The monoisotopic (exact) mass is 256 g/mol. The number of hydrogen-bond acceptors (Lipinski definition) is 2. The minimum atomic E-state index is -0.199. The number of carbonyl (C=O) groups excluding carboxylic acids is 1. The van der Waals surface area contributed by atoms with Gasteiger partial charge in [0.05, 0.1) is 0 Å². The van der Waals surface area contributed by atoms with Crippen molar-refractivity contribution in [2.45, 2.75) is 38.7 Å². The minimum Gasteiger partial charge on any atom is -0.450 e. The number of allylic oxidation sites excluding steroid dienone is 1. The van der Waals surface area contributed by atoms with Gasteiger partial charge in [0, 0.05) is 5.57 Å². The summed E-state index contributed by atoms with van der Waals surface area (Å²) in [6, 6.07) is 9.96. The van der Waals surface area contributed by atoms with Crippen LogP contribution in [0.1, 0.15) is 44.3 Å². The zero-order valence-corrected chi connectivity index (χ0v) is 11.4. The Balaban J connectivity index is 2.33. The van der Waals surface area contributed by atoms with Crippen LogP contribution in [0.3, 0.4) is 0 Å². The number of rotatable bonds is 6. The van der Waals surface area contributed by atoms with Gasteiger partial charge in [-0.1, -0.05) is 49.8 Å². The van der Waals surface area contributed by atoms with Crippen molar-refractivity contribution in [3.8, 4) is 0 Å². The van der Waals surface area contributed by atoms with Crippen LogP contribution in [0, 0.1) is 0 Å². The molecule has 0 aliphatic carbocycles. The van der Waals surface area contributed by atoms with Crippen molar-refractivity contribution in [3.63, 3.8) is 0 Å². The van der Waals surface area contributed by atoms with Crippen molar-refractivity contribution in [1.29, 1.82) is 0 Å². The smallest absolute Gasteiger partial charge is 0.335 e. The van der Waals surface area contributed by atoms with Crippen molar-refractivity contribution in [2.75, 3.05) is 0 Å². The van der Waals surface area contributed by atoms with Gasteiger partial charge < -0.3 is 4.74 Å². The molecule has 0 spiro atoms. The van der Waals surface area contributed by atoms with E-state index in [9.17, 15) is 4.79 Å². The van der Waals surface area contributed by atoms with Crippen molar-refractivity contribution < 1.29 is 9.53 Å². The zero-order valence-electron chi connectivity index (χ0n) is 11.4. The van der Waals surface area contributed by atoms with Gasteiger partial charge in [-0.05, 0) is 30.4 Å². The second kappa shape index (κ2) is 6.37. The first-order valence-corrected chi connectivity index (χ1v) is 6.86. The Bertz CT molecular complexity index is 485. The molecule has 19 heavy (non-hydrogen) atoms. The molecule has 2 nitrogen and oxygen atoms in total. The van der Waals surface area contributed by atoms with E-state index < -0.39 is 0 Å².